The summed E-state index contributed by atoms with van der Waals surface area (Å²) >= 11 is 0. The second-order valence-corrected chi connectivity index (χ2v) is 7.64. The topological polar surface area (TPSA) is 66.5 Å². The molecule has 2 atom stereocenters. The van der Waals surface area contributed by atoms with Gasteiger partial charge in [0.2, 0.25) is 5.91 Å². The first kappa shape index (κ1) is 17.5. The molecule has 2 fully saturated rings. The highest BCUT2D eigenvalue weighted by atomic mass is 32.2. The summed E-state index contributed by atoms with van der Waals surface area (Å²) in [6.45, 7) is 0.603. The van der Waals surface area contributed by atoms with Crippen molar-refractivity contribution in [3.8, 4) is 0 Å². The van der Waals surface area contributed by atoms with Crippen molar-refractivity contribution in [2.75, 3.05) is 13.1 Å². The van der Waals surface area contributed by atoms with E-state index in [9.17, 15) is 26.4 Å². The summed E-state index contributed by atoms with van der Waals surface area (Å²) in [5, 5.41) is 0. The number of halogens is 3. The van der Waals surface area contributed by atoms with E-state index in [1.54, 1.807) is 0 Å². The van der Waals surface area contributed by atoms with Gasteiger partial charge in [0.15, 0.2) is 0 Å². The van der Waals surface area contributed by atoms with Crippen molar-refractivity contribution >= 4 is 16.1 Å². The van der Waals surface area contributed by atoms with Crippen LogP contribution in [0.1, 0.15) is 44.9 Å². The van der Waals surface area contributed by atoms with Gasteiger partial charge in [0.25, 0.3) is 0 Å². The number of alkyl halides is 3. The first-order valence-corrected chi connectivity index (χ1v) is 9.04. The summed E-state index contributed by atoms with van der Waals surface area (Å²) in [7, 11) is -4.03. The molecule has 0 unspecified atom stereocenters. The van der Waals surface area contributed by atoms with Gasteiger partial charge in [-0.1, -0.05) is 19.3 Å². The Bertz CT molecular complexity index is 501. The Hall–Kier alpha value is -0.830. The van der Waals surface area contributed by atoms with Crippen LogP contribution < -0.4 is 4.72 Å². The molecule has 1 saturated heterocycles. The van der Waals surface area contributed by atoms with E-state index in [0.29, 0.717) is 38.8 Å². The van der Waals surface area contributed by atoms with Gasteiger partial charge >= 0.3 is 16.4 Å². The molecule has 0 aromatic carbocycles. The Labute approximate surface area is 128 Å². The van der Waals surface area contributed by atoms with E-state index in [0.717, 1.165) is 10.7 Å². The molecule has 9 heteroatoms. The van der Waals surface area contributed by atoms with E-state index in [1.807, 2.05) is 4.72 Å². The normalized spacial score (nSPS) is 28.3. The van der Waals surface area contributed by atoms with Gasteiger partial charge in [-0.05, 0) is 25.7 Å². The standard InChI is InChI=1S/C13H21F3N2O3S/c14-13(15,16)11-7-3-2-6-10(11)12(19)17-22(20,21)18-8-4-1-5-9-18/h10-11H,1-9H2,(H,17,19)/t10-,11+/m0/s1. The Morgan fingerprint density at radius 2 is 1.59 bits per heavy atom. The van der Waals surface area contributed by atoms with Crippen LogP contribution in [0.3, 0.4) is 0 Å². The number of piperidine rings is 1. The Balaban J connectivity index is 2.06. The highest BCUT2D eigenvalue weighted by Gasteiger charge is 2.48. The van der Waals surface area contributed by atoms with Crippen LogP contribution in [0.5, 0.6) is 0 Å². The molecule has 22 heavy (non-hydrogen) atoms. The van der Waals surface area contributed by atoms with E-state index >= 15 is 0 Å². The van der Waals surface area contributed by atoms with Gasteiger partial charge in [-0.25, -0.2) is 4.72 Å². The molecule has 128 valence electrons. The number of rotatable bonds is 3. The smallest absolute Gasteiger partial charge is 0.274 e. The minimum Gasteiger partial charge on any atom is -0.274 e. The summed E-state index contributed by atoms with van der Waals surface area (Å²) in [6.07, 6.45) is -1.29. The van der Waals surface area contributed by atoms with Gasteiger partial charge in [-0.2, -0.15) is 25.9 Å². The molecule has 2 aliphatic rings. The lowest BCUT2D eigenvalue weighted by molar-refractivity contribution is -0.197. The maximum absolute atomic E-state index is 13.0. The fourth-order valence-corrected chi connectivity index (χ4v) is 4.48. The van der Waals surface area contributed by atoms with Crippen molar-refractivity contribution in [2.24, 2.45) is 11.8 Å². The van der Waals surface area contributed by atoms with E-state index in [4.69, 9.17) is 0 Å². The summed E-state index contributed by atoms with van der Waals surface area (Å²) in [4.78, 5) is 12.1. The number of carbonyl (C=O) groups excluding carboxylic acids is 1. The summed E-state index contributed by atoms with van der Waals surface area (Å²) in [5.41, 5.74) is 0. The maximum atomic E-state index is 13.0. The molecule has 1 saturated carbocycles. The minimum absolute atomic E-state index is 0.0749. The zero-order valence-electron chi connectivity index (χ0n) is 12.2. The van der Waals surface area contributed by atoms with Crippen molar-refractivity contribution < 1.29 is 26.4 Å². The Morgan fingerprint density at radius 1 is 1.00 bits per heavy atom. The maximum Gasteiger partial charge on any atom is 0.392 e. The van der Waals surface area contributed by atoms with Crippen molar-refractivity contribution in [1.82, 2.24) is 9.03 Å². The van der Waals surface area contributed by atoms with E-state index in [2.05, 4.69) is 0 Å². The molecule has 0 aromatic rings. The second kappa shape index (κ2) is 6.74. The van der Waals surface area contributed by atoms with Crippen LogP contribution in [0.4, 0.5) is 13.2 Å². The average molecular weight is 342 g/mol. The number of hydrogen-bond donors (Lipinski definition) is 1. The summed E-state index contributed by atoms with van der Waals surface area (Å²) in [5.74, 6) is -4.08. The van der Waals surface area contributed by atoms with E-state index in [1.165, 1.54) is 0 Å². The molecule has 0 aromatic heterocycles. The zero-order chi connectivity index (χ0) is 16.4. The number of nitrogens with one attached hydrogen (secondary N) is 1. The van der Waals surface area contributed by atoms with Crippen molar-refractivity contribution in [1.29, 1.82) is 0 Å². The van der Waals surface area contributed by atoms with Gasteiger partial charge in [0, 0.05) is 13.1 Å². The molecule has 1 aliphatic heterocycles. The first-order chi connectivity index (χ1) is 10.2. The Morgan fingerprint density at radius 3 is 2.18 bits per heavy atom. The fourth-order valence-electron chi connectivity index (χ4n) is 3.21. The first-order valence-electron chi connectivity index (χ1n) is 7.60. The monoisotopic (exact) mass is 342 g/mol. The third kappa shape index (κ3) is 4.13. The predicted octanol–water partition coefficient (Wildman–Crippen LogP) is 2.20. The van der Waals surface area contributed by atoms with Gasteiger partial charge in [-0.3, -0.25) is 4.79 Å². The second-order valence-electron chi connectivity index (χ2n) is 5.97. The van der Waals surface area contributed by atoms with Crippen LogP contribution in [0.25, 0.3) is 0 Å². The lowest BCUT2D eigenvalue weighted by Crippen LogP contribution is -2.50. The molecule has 1 amide bonds. The number of nitrogens with zero attached hydrogens (tertiary/aromatic N) is 1. The number of amides is 1. The minimum atomic E-state index is -4.47. The molecule has 0 radical (unpaired) electrons. The van der Waals surface area contributed by atoms with Gasteiger partial charge in [0.05, 0.1) is 11.8 Å². The van der Waals surface area contributed by atoms with Crippen LogP contribution in [-0.4, -0.2) is 37.9 Å². The van der Waals surface area contributed by atoms with Gasteiger partial charge in [0.1, 0.15) is 0 Å². The van der Waals surface area contributed by atoms with Crippen LogP contribution in [0.15, 0.2) is 0 Å². The third-order valence-corrected chi connectivity index (χ3v) is 5.91. The Kier molecular flexibility index (Phi) is 5.37. The average Bonchev–Trinajstić information content (AvgIpc) is 2.47. The van der Waals surface area contributed by atoms with Gasteiger partial charge in [-0.15, -0.1) is 0 Å². The zero-order valence-corrected chi connectivity index (χ0v) is 13.0. The molecule has 1 aliphatic carbocycles. The molecule has 0 bridgehead atoms. The van der Waals surface area contributed by atoms with Crippen molar-refractivity contribution in [3.63, 3.8) is 0 Å². The molecule has 2 rings (SSSR count). The van der Waals surface area contributed by atoms with Crippen molar-refractivity contribution in [3.05, 3.63) is 0 Å². The SMILES string of the molecule is O=C(NS(=O)(=O)N1CCCCC1)[C@H]1CCCC[C@H]1C(F)(F)F. The molecular formula is C13H21F3N2O3S. The van der Waals surface area contributed by atoms with E-state index < -0.39 is 34.1 Å². The summed E-state index contributed by atoms with van der Waals surface area (Å²) < 4.78 is 66.2. The predicted molar refractivity (Wildman–Crippen MR) is 74.0 cm³/mol. The lowest BCUT2D eigenvalue weighted by Gasteiger charge is -2.33. The lowest BCUT2D eigenvalue weighted by atomic mass is 9.78. The number of carbonyl (C=O) groups is 1. The molecule has 5 nitrogen and oxygen atoms in total. The quantitative estimate of drug-likeness (QED) is 0.855. The molecule has 1 N–H and O–H groups in total. The fraction of sp³-hybridized carbons (Fsp3) is 0.923. The highest BCUT2D eigenvalue weighted by molar-refractivity contribution is 7.87. The van der Waals surface area contributed by atoms with Crippen LogP contribution >= 0.6 is 0 Å². The van der Waals surface area contributed by atoms with Gasteiger partial charge < -0.3 is 0 Å². The third-order valence-electron chi connectivity index (χ3n) is 4.41. The van der Waals surface area contributed by atoms with E-state index in [-0.39, 0.29) is 12.8 Å². The van der Waals surface area contributed by atoms with Crippen LogP contribution in [-0.2, 0) is 15.0 Å². The highest BCUT2D eigenvalue weighted by Crippen LogP contribution is 2.41. The van der Waals surface area contributed by atoms with Crippen LogP contribution in [0.2, 0.25) is 0 Å². The molecule has 1 heterocycles. The van der Waals surface area contributed by atoms with Crippen molar-refractivity contribution in [2.45, 2.75) is 51.1 Å². The van der Waals surface area contributed by atoms with Crippen LogP contribution in [0, 0.1) is 11.8 Å². The number of hydrogen-bond acceptors (Lipinski definition) is 3. The summed E-state index contributed by atoms with van der Waals surface area (Å²) in [6, 6.07) is 0. The largest absolute Gasteiger partial charge is 0.392 e. The molecular weight excluding hydrogens is 321 g/mol. The molecule has 0 spiro atoms.